The molecule has 2 rings (SSSR count). The topological polar surface area (TPSA) is 53.4 Å². The maximum Gasteiger partial charge on any atom is 0.232 e. The molecule has 1 aromatic rings. The molecule has 2 heterocycles. The predicted octanol–water partition coefficient (Wildman–Crippen LogP) is 2.00. The number of hydrogen-bond acceptors (Lipinski definition) is 5. The van der Waals surface area contributed by atoms with E-state index in [-0.39, 0.29) is 18.4 Å². The molecule has 19 heavy (non-hydrogen) atoms. The number of carbonyl (C=O) groups is 1. The van der Waals surface area contributed by atoms with Crippen LogP contribution in [0.1, 0.15) is 25.5 Å². The Morgan fingerprint density at radius 2 is 2.47 bits per heavy atom. The van der Waals surface area contributed by atoms with E-state index in [1.165, 1.54) is 0 Å². The number of hydrogen-bond donors (Lipinski definition) is 1. The van der Waals surface area contributed by atoms with E-state index in [2.05, 4.69) is 11.9 Å². The Balaban J connectivity index is 1.78. The molecule has 0 spiro atoms. The zero-order valence-corrected chi connectivity index (χ0v) is 12.8. The summed E-state index contributed by atoms with van der Waals surface area (Å²) in [7, 11) is 0. The van der Waals surface area contributed by atoms with Gasteiger partial charge in [0.25, 0.3) is 0 Å². The number of aliphatic hydroxyl groups excluding tert-OH is 1. The van der Waals surface area contributed by atoms with Gasteiger partial charge < -0.3 is 10.0 Å². The van der Waals surface area contributed by atoms with Gasteiger partial charge in [-0.15, -0.1) is 23.1 Å². The maximum absolute atomic E-state index is 12.2. The molecule has 0 saturated carbocycles. The predicted molar refractivity (Wildman–Crippen MR) is 79.3 cm³/mol. The second-order valence-corrected chi connectivity index (χ2v) is 6.70. The molecule has 1 aliphatic heterocycles. The van der Waals surface area contributed by atoms with Gasteiger partial charge in [0.05, 0.1) is 17.0 Å². The number of rotatable bonds is 5. The fourth-order valence-electron chi connectivity index (χ4n) is 2.31. The van der Waals surface area contributed by atoms with E-state index >= 15 is 0 Å². The lowest BCUT2D eigenvalue weighted by molar-refractivity contribution is -0.133. The molecular weight excluding hydrogens is 280 g/mol. The highest BCUT2D eigenvalue weighted by molar-refractivity contribution is 7.99. The summed E-state index contributed by atoms with van der Waals surface area (Å²) in [5.74, 6) is 1.73. The number of aromatic nitrogens is 1. The van der Waals surface area contributed by atoms with E-state index in [1.54, 1.807) is 23.1 Å². The van der Waals surface area contributed by atoms with Gasteiger partial charge >= 0.3 is 0 Å². The van der Waals surface area contributed by atoms with Gasteiger partial charge in [0, 0.05) is 30.3 Å². The highest BCUT2D eigenvalue weighted by Crippen LogP contribution is 2.23. The van der Waals surface area contributed by atoms with Crippen molar-refractivity contribution in [2.24, 2.45) is 5.92 Å². The van der Waals surface area contributed by atoms with Crippen molar-refractivity contribution in [1.82, 2.24) is 9.88 Å². The van der Waals surface area contributed by atoms with Crippen LogP contribution in [-0.2, 0) is 10.5 Å². The van der Waals surface area contributed by atoms with E-state index in [1.807, 2.05) is 15.8 Å². The van der Waals surface area contributed by atoms with Crippen LogP contribution in [0.3, 0.4) is 0 Å². The minimum atomic E-state index is 0.183. The van der Waals surface area contributed by atoms with Crippen LogP contribution in [0.25, 0.3) is 0 Å². The fraction of sp³-hybridized carbons (Fsp3) is 0.692. The Kier molecular flexibility index (Phi) is 5.66. The van der Waals surface area contributed by atoms with Crippen molar-refractivity contribution in [1.29, 1.82) is 0 Å². The van der Waals surface area contributed by atoms with Crippen LogP contribution in [0.5, 0.6) is 0 Å². The first-order valence-electron chi connectivity index (χ1n) is 6.56. The summed E-state index contributed by atoms with van der Waals surface area (Å²) in [5.41, 5.74) is 2.86. The SMILES string of the molecule is CC1CCC(CO)CN1C(=O)CSCc1cscn1. The number of likely N-dealkylation sites (tertiary alicyclic amines) is 1. The number of thiazole rings is 1. The molecule has 1 aliphatic rings. The molecule has 1 saturated heterocycles. The van der Waals surface area contributed by atoms with Crippen molar-refractivity contribution in [3.8, 4) is 0 Å². The third-order valence-electron chi connectivity index (χ3n) is 3.52. The minimum absolute atomic E-state index is 0.183. The van der Waals surface area contributed by atoms with Crippen molar-refractivity contribution in [2.45, 2.75) is 31.6 Å². The number of carbonyl (C=O) groups excluding carboxylic acids is 1. The minimum Gasteiger partial charge on any atom is -0.396 e. The third-order valence-corrected chi connectivity index (χ3v) is 5.10. The molecule has 4 nitrogen and oxygen atoms in total. The third kappa shape index (κ3) is 4.19. The summed E-state index contributed by atoms with van der Waals surface area (Å²) in [6.07, 6.45) is 2.02. The first-order valence-corrected chi connectivity index (χ1v) is 8.65. The molecule has 2 atom stereocenters. The number of thioether (sulfide) groups is 1. The summed E-state index contributed by atoms with van der Waals surface area (Å²) in [5, 5.41) is 11.2. The average Bonchev–Trinajstić information content (AvgIpc) is 2.92. The smallest absolute Gasteiger partial charge is 0.232 e. The van der Waals surface area contributed by atoms with E-state index < -0.39 is 0 Å². The van der Waals surface area contributed by atoms with E-state index in [0.29, 0.717) is 18.3 Å². The molecule has 106 valence electrons. The maximum atomic E-state index is 12.2. The Morgan fingerprint density at radius 1 is 1.63 bits per heavy atom. The van der Waals surface area contributed by atoms with Crippen LogP contribution in [0.4, 0.5) is 0 Å². The second kappa shape index (κ2) is 7.26. The summed E-state index contributed by atoms with van der Waals surface area (Å²) < 4.78 is 0. The van der Waals surface area contributed by atoms with E-state index in [4.69, 9.17) is 0 Å². The molecule has 0 aromatic carbocycles. The van der Waals surface area contributed by atoms with Crippen LogP contribution in [0, 0.1) is 5.92 Å². The summed E-state index contributed by atoms with van der Waals surface area (Å²) >= 11 is 3.20. The number of nitrogens with zero attached hydrogens (tertiary/aromatic N) is 2. The van der Waals surface area contributed by atoms with Gasteiger partial charge in [-0.1, -0.05) is 0 Å². The normalized spacial score (nSPS) is 23.6. The standard InChI is InChI=1S/C13H20N2O2S2/c1-10-2-3-11(5-16)4-15(10)13(17)8-18-6-12-7-19-9-14-12/h7,9-11,16H,2-6,8H2,1H3. The Bertz CT molecular complexity index is 397. The molecule has 2 unspecified atom stereocenters. The zero-order valence-electron chi connectivity index (χ0n) is 11.1. The quantitative estimate of drug-likeness (QED) is 0.903. The van der Waals surface area contributed by atoms with Gasteiger partial charge in [0.15, 0.2) is 0 Å². The van der Waals surface area contributed by atoms with Gasteiger partial charge in [-0.2, -0.15) is 0 Å². The van der Waals surface area contributed by atoms with Crippen LogP contribution in [0.2, 0.25) is 0 Å². The van der Waals surface area contributed by atoms with Gasteiger partial charge in [0.2, 0.25) is 5.91 Å². The molecule has 0 radical (unpaired) electrons. The van der Waals surface area contributed by atoms with Crippen LogP contribution >= 0.6 is 23.1 Å². The highest BCUT2D eigenvalue weighted by Gasteiger charge is 2.28. The Morgan fingerprint density at radius 3 is 3.16 bits per heavy atom. The van der Waals surface area contributed by atoms with E-state index in [0.717, 1.165) is 24.3 Å². The Labute approximate surface area is 122 Å². The first-order chi connectivity index (χ1) is 9.20. The molecule has 0 aliphatic carbocycles. The molecule has 1 aromatic heterocycles. The van der Waals surface area contributed by atoms with Crippen molar-refractivity contribution >= 4 is 29.0 Å². The lowest BCUT2D eigenvalue weighted by Crippen LogP contribution is -2.47. The van der Waals surface area contributed by atoms with Gasteiger partial charge in [-0.3, -0.25) is 4.79 Å². The Hall–Kier alpha value is -0.590. The largest absolute Gasteiger partial charge is 0.396 e. The molecule has 1 fully saturated rings. The van der Waals surface area contributed by atoms with Crippen LogP contribution < -0.4 is 0 Å². The summed E-state index contributed by atoms with van der Waals surface area (Å²) in [6.45, 7) is 2.98. The van der Waals surface area contributed by atoms with Gasteiger partial charge in [-0.05, 0) is 25.7 Å². The van der Waals surface area contributed by atoms with Crippen molar-refractivity contribution in [3.05, 3.63) is 16.6 Å². The zero-order chi connectivity index (χ0) is 13.7. The lowest BCUT2D eigenvalue weighted by Gasteiger charge is -2.37. The van der Waals surface area contributed by atoms with E-state index in [9.17, 15) is 9.90 Å². The first kappa shape index (κ1) is 14.8. The van der Waals surface area contributed by atoms with Crippen molar-refractivity contribution in [3.63, 3.8) is 0 Å². The lowest BCUT2D eigenvalue weighted by atomic mass is 9.94. The fourth-order valence-corrected chi connectivity index (χ4v) is 3.79. The molecule has 1 N–H and O–H groups in total. The van der Waals surface area contributed by atoms with Crippen LogP contribution in [0.15, 0.2) is 10.9 Å². The summed E-state index contributed by atoms with van der Waals surface area (Å²) in [6, 6.07) is 0.301. The molecule has 6 heteroatoms. The monoisotopic (exact) mass is 300 g/mol. The van der Waals surface area contributed by atoms with Gasteiger partial charge in [0.1, 0.15) is 0 Å². The van der Waals surface area contributed by atoms with Gasteiger partial charge in [-0.25, -0.2) is 4.98 Å². The number of piperidine rings is 1. The molecule has 1 amide bonds. The van der Waals surface area contributed by atoms with Crippen molar-refractivity contribution < 1.29 is 9.90 Å². The second-order valence-electron chi connectivity index (χ2n) is 4.99. The number of aliphatic hydroxyl groups is 1. The highest BCUT2D eigenvalue weighted by atomic mass is 32.2. The molecular formula is C13H20N2O2S2. The van der Waals surface area contributed by atoms with Crippen LogP contribution in [-0.4, -0.2) is 45.8 Å². The van der Waals surface area contributed by atoms with Crippen molar-refractivity contribution in [2.75, 3.05) is 18.9 Å². The molecule has 0 bridgehead atoms. The summed E-state index contributed by atoms with van der Waals surface area (Å²) in [4.78, 5) is 18.3. The average molecular weight is 300 g/mol. The number of amides is 1.